The molecule has 25 heavy (non-hydrogen) atoms. The molecule has 0 saturated heterocycles. The van der Waals surface area contributed by atoms with Crippen LogP contribution >= 0.6 is 23.2 Å². The van der Waals surface area contributed by atoms with Crippen LogP contribution in [-0.2, 0) is 4.74 Å². The maximum absolute atomic E-state index is 12.6. The number of nitro groups is 1. The van der Waals surface area contributed by atoms with Crippen LogP contribution in [0.15, 0.2) is 36.4 Å². The number of non-ortho nitro benzene ring substituents is 1. The molecule has 0 atom stereocenters. The lowest BCUT2D eigenvalue weighted by molar-refractivity contribution is -0.384. The molecular weight excluding hydrogens is 369 g/mol. The van der Waals surface area contributed by atoms with Gasteiger partial charge in [-0.05, 0) is 24.3 Å². The molecule has 0 heterocycles. The van der Waals surface area contributed by atoms with Gasteiger partial charge in [0, 0.05) is 47.2 Å². The lowest BCUT2D eigenvalue weighted by Crippen LogP contribution is -2.17. The van der Waals surface area contributed by atoms with E-state index in [2.05, 4.69) is 10.6 Å². The highest BCUT2D eigenvalue weighted by Crippen LogP contribution is 2.26. The van der Waals surface area contributed by atoms with E-state index in [1.807, 2.05) is 0 Å². The Kier molecular flexibility index (Phi) is 6.58. The topological polar surface area (TPSA) is 93.5 Å². The van der Waals surface area contributed by atoms with Crippen molar-refractivity contribution in [1.29, 1.82) is 0 Å². The van der Waals surface area contributed by atoms with Gasteiger partial charge in [-0.2, -0.15) is 0 Å². The first-order chi connectivity index (χ1) is 11.9. The normalized spacial score (nSPS) is 10.4. The highest BCUT2D eigenvalue weighted by molar-refractivity contribution is 6.35. The average molecular weight is 384 g/mol. The number of carbonyl (C=O) groups is 1. The van der Waals surface area contributed by atoms with E-state index in [1.165, 1.54) is 36.4 Å². The van der Waals surface area contributed by atoms with E-state index in [1.54, 1.807) is 7.11 Å². The quantitative estimate of drug-likeness (QED) is 0.424. The van der Waals surface area contributed by atoms with Crippen LogP contribution in [0.3, 0.4) is 0 Å². The summed E-state index contributed by atoms with van der Waals surface area (Å²) in [6, 6.07) is 8.59. The first-order valence-electron chi connectivity index (χ1n) is 7.19. The second-order valence-electron chi connectivity index (χ2n) is 5.02. The molecule has 0 fully saturated rings. The first kappa shape index (κ1) is 19.0. The molecule has 0 unspecified atom stereocenters. The van der Waals surface area contributed by atoms with Gasteiger partial charge in [0.2, 0.25) is 0 Å². The van der Waals surface area contributed by atoms with Gasteiger partial charge in [0.05, 0.1) is 17.1 Å². The van der Waals surface area contributed by atoms with Gasteiger partial charge in [-0.25, -0.2) is 0 Å². The number of hydrogen-bond donors (Lipinski definition) is 2. The summed E-state index contributed by atoms with van der Waals surface area (Å²) in [5, 5.41) is 17.4. The Morgan fingerprint density at radius 1 is 1.20 bits per heavy atom. The monoisotopic (exact) mass is 383 g/mol. The minimum absolute atomic E-state index is 0.126. The Morgan fingerprint density at radius 3 is 2.48 bits per heavy atom. The highest BCUT2D eigenvalue weighted by atomic mass is 35.5. The van der Waals surface area contributed by atoms with E-state index in [0.29, 0.717) is 34.6 Å². The lowest BCUT2D eigenvalue weighted by Gasteiger charge is -2.12. The van der Waals surface area contributed by atoms with Crippen LogP contribution in [0.25, 0.3) is 0 Å². The molecule has 9 heteroatoms. The number of nitrogens with one attached hydrogen (secondary N) is 2. The van der Waals surface area contributed by atoms with Gasteiger partial charge in [0.1, 0.15) is 0 Å². The van der Waals surface area contributed by atoms with Crippen molar-refractivity contribution in [2.45, 2.75) is 0 Å². The average Bonchev–Trinajstić information content (AvgIpc) is 2.54. The fourth-order valence-electron chi connectivity index (χ4n) is 2.10. The second kappa shape index (κ2) is 8.66. The van der Waals surface area contributed by atoms with Crippen molar-refractivity contribution in [3.63, 3.8) is 0 Å². The van der Waals surface area contributed by atoms with Gasteiger partial charge in [-0.1, -0.05) is 23.2 Å². The van der Waals surface area contributed by atoms with Crippen molar-refractivity contribution in [3.8, 4) is 0 Å². The van der Waals surface area contributed by atoms with Gasteiger partial charge in [-0.3, -0.25) is 14.9 Å². The summed E-state index contributed by atoms with van der Waals surface area (Å²) in [4.78, 5) is 23.0. The highest BCUT2D eigenvalue weighted by Gasteiger charge is 2.17. The molecule has 7 nitrogen and oxygen atoms in total. The Balaban J connectivity index is 2.30. The predicted octanol–water partition coefficient (Wildman–Crippen LogP) is 4.21. The van der Waals surface area contributed by atoms with Gasteiger partial charge in [-0.15, -0.1) is 0 Å². The Labute approximate surface area is 154 Å². The summed E-state index contributed by atoms with van der Waals surface area (Å²) in [6.45, 7) is 0.861. The number of halogens is 2. The molecule has 0 radical (unpaired) electrons. The number of anilines is 2. The van der Waals surface area contributed by atoms with Crippen LogP contribution in [0.2, 0.25) is 10.0 Å². The van der Waals surface area contributed by atoms with Gasteiger partial charge >= 0.3 is 0 Å². The number of ether oxygens (including phenoxy) is 1. The Morgan fingerprint density at radius 2 is 1.88 bits per heavy atom. The van der Waals surface area contributed by atoms with Crippen LogP contribution in [-0.4, -0.2) is 31.1 Å². The largest absolute Gasteiger partial charge is 0.383 e. The molecule has 2 rings (SSSR count). The Bertz CT molecular complexity index is 779. The smallest absolute Gasteiger partial charge is 0.270 e. The third-order valence-corrected chi connectivity index (χ3v) is 3.64. The van der Waals surface area contributed by atoms with Crippen LogP contribution in [0, 0.1) is 10.1 Å². The van der Waals surface area contributed by atoms with Crippen LogP contribution in [0.5, 0.6) is 0 Å². The van der Waals surface area contributed by atoms with Crippen LogP contribution in [0.4, 0.5) is 17.1 Å². The molecule has 0 saturated carbocycles. The lowest BCUT2D eigenvalue weighted by atomic mass is 10.1. The minimum atomic E-state index is -0.564. The number of carbonyl (C=O) groups excluding carboxylic acids is 1. The standard InChI is InChI=1S/C16H15Cl2N3O4/c1-25-5-4-19-15-3-2-13(21(23)24)9-14(15)16(22)20-12-7-10(17)6-11(18)8-12/h2-3,6-9,19H,4-5H2,1H3,(H,20,22). The first-order valence-corrected chi connectivity index (χ1v) is 7.95. The van der Waals surface area contributed by atoms with Crippen molar-refractivity contribution in [2.75, 3.05) is 30.9 Å². The molecule has 1 amide bonds. The number of benzene rings is 2. The molecule has 0 aliphatic carbocycles. The van der Waals surface area contributed by atoms with Crippen molar-refractivity contribution in [1.82, 2.24) is 0 Å². The van der Waals surface area contributed by atoms with E-state index < -0.39 is 10.8 Å². The zero-order valence-electron chi connectivity index (χ0n) is 13.2. The van der Waals surface area contributed by atoms with Crippen molar-refractivity contribution in [3.05, 3.63) is 62.1 Å². The number of rotatable bonds is 7. The van der Waals surface area contributed by atoms with E-state index in [9.17, 15) is 14.9 Å². The number of methoxy groups -OCH3 is 1. The van der Waals surface area contributed by atoms with Crippen molar-refractivity contribution >= 4 is 46.2 Å². The zero-order chi connectivity index (χ0) is 18.4. The summed E-state index contributed by atoms with van der Waals surface area (Å²) in [7, 11) is 1.55. The summed E-state index contributed by atoms with van der Waals surface area (Å²) in [6.07, 6.45) is 0. The maximum Gasteiger partial charge on any atom is 0.270 e. The summed E-state index contributed by atoms with van der Waals surface area (Å²) in [5.74, 6) is -0.526. The predicted molar refractivity (Wildman–Crippen MR) is 97.9 cm³/mol. The molecule has 0 aliphatic heterocycles. The van der Waals surface area contributed by atoms with Crippen molar-refractivity contribution in [2.24, 2.45) is 0 Å². The molecule has 0 aliphatic rings. The summed E-state index contributed by atoms with van der Waals surface area (Å²) in [5.41, 5.74) is 0.776. The van der Waals surface area contributed by atoms with E-state index in [4.69, 9.17) is 27.9 Å². The molecular formula is C16H15Cl2N3O4. The van der Waals surface area contributed by atoms with Gasteiger partial charge in [0.25, 0.3) is 11.6 Å². The molecule has 0 bridgehead atoms. The SMILES string of the molecule is COCCNc1ccc([N+](=O)[O-])cc1C(=O)Nc1cc(Cl)cc(Cl)c1. The molecule has 132 valence electrons. The molecule has 0 aromatic heterocycles. The number of amides is 1. The summed E-state index contributed by atoms with van der Waals surface area (Å²) < 4.78 is 4.95. The van der Waals surface area contributed by atoms with Crippen molar-refractivity contribution < 1.29 is 14.5 Å². The third kappa shape index (κ3) is 5.32. The number of nitrogens with zero attached hydrogens (tertiary/aromatic N) is 1. The second-order valence-corrected chi connectivity index (χ2v) is 5.89. The van der Waals surface area contributed by atoms with Gasteiger partial charge < -0.3 is 15.4 Å². The van der Waals surface area contributed by atoms with Crippen LogP contribution < -0.4 is 10.6 Å². The van der Waals surface area contributed by atoms with E-state index >= 15 is 0 Å². The Hall–Kier alpha value is -2.35. The molecule has 2 N–H and O–H groups in total. The van der Waals surface area contributed by atoms with E-state index in [-0.39, 0.29) is 11.3 Å². The molecule has 2 aromatic carbocycles. The molecule has 0 spiro atoms. The van der Waals surface area contributed by atoms with Crippen LogP contribution in [0.1, 0.15) is 10.4 Å². The summed E-state index contributed by atoms with van der Waals surface area (Å²) >= 11 is 11.8. The number of hydrogen-bond acceptors (Lipinski definition) is 5. The van der Waals surface area contributed by atoms with E-state index in [0.717, 1.165) is 0 Å². The third-order valence-electron chi connectivity index (χ3n) is 3.20. The maximum atomic E-state index is 12.6. The zero-order valence-corrected chi connectivity index (χ0v) is 14.7. The fourth-order valence-corrected chi connectivity index (χ4v) is 2.63. The fraction of sp³-hybridized carbons (Fsp3) is 0.188. The molecule has 2 aromatic rings. The number of nitro benzene ring substituents is 1. The minimum Gasteiger partial charge on any atom is -0.383 e. The van der Waals surface area contributed by atoms with Gasteiger partial charge in [0.15, 0.2) is 0 Å².